The first-order valence-corrected chi connectivity index (χ1v) is 12.0. The van der Waals surface area contributed by atoms with Gasteiger partial charge in [-0.3, -0.25) is 0 Å². The maximum absolute atomic E-state index is 14.5. The summed E-state index contributed by atoms with van der Waals surface area (Å²) in [6, 6.07) is 15.7. The molecule has 0 radical (unpaired) electrons. The second-order valence-corrected chi connectivity index (χ2v) is 9.20. The Morgan fingerprint density at radius 2 is 1.91 bits per heavy atom. The van der Waals surface area contributed by atoms with E-state index in [4.69, 9.17) is 5.11 Å². The first kappa shape index (κ1) is 22.1. The van der Waals surface area contributed by atoms with Gasteiger partial charge in [-0.25, -0.2) is 14.6 Å². The molecule has 2 aliphatic rings. The zero-order valence-corrected chi connectivity index (χ0v) is 19.0. The molecule has 5 nitrogen and oxygen atoms in total. The van der Waals surface area contributed by atoms with Crippen molar-refractivity contribution in [1.82, 2.24) is 5.43 Å². The van der Waals surface area contributed by atoms with E-state index in [1.54, 1.807) is 6.08 Å². The summed E-state index contributed by atoms with van der Waals surface area (Å²) < 4.78 is 14.5. The Morgan fingerprint density at radius 1 is 1.15 bits per heavy atom. The Kier molecular flexibility index (Phi) is 6.01. The molecule has 170 valence electrons. The highest BCUT2D eigenvalue weighted by Crippen LogP contribution is 2.47. The quantitative estimate of drug-likeness (QED) is 0.287. The summed E-state index contributed by atoms with van der Waals surface area (Å²) in [6.45, 7) is 0. The molecular formula is C27H22FN3O2S. The van der Waals surface area contributed by atoms with Crippen molar-refractivity contribution in [3.05, 3.63) is 92.7 Å². The first-order valence-electron chi connectivity index (χ1n) is 11.1. The van der Waals surface area contributed by atoms with Crippen LogP contribution in [0.3, 0.4) is 0 Å². The molecule has 0 saturated heterocycles. The minimum atomic E-state index is -1.30. The third-order valence-electron chi connectivity index (χ3n) is 6.42. The van der Waals surface area contributed by atoms with Crippen LogP contribution in [-0.4, -0.2) is 11.1 Å². The highest BCUT2D eigenvalue weighted by atomic mass is 32.1. The largest absolute Gasteiger partial charge is 0.478 e. The van der Waals surface area contributed by atoms with E-state index in [2.05, 4.69) is 16.9 Å². The number of allylic oxidation sites excluding steroid dienone is 1. The van der Waals surface area contributed by atoms with E-state index in [9.17, 15) is 14.4 Å². The van der Waals surface area contributed by atoms with E-state index < -0.39 is 12.3 Å². The Balaban J connectivity index is 1.72. The van der Waals surface area contributed by atoms with Gasteiger partial charge in [0, 0.05) is 22.6 Å². The van der Waals surface area contributed by atoms with Crippen LogP contribution < -0.4 is 10.9 Å². The van der Waals surface area contributed by atoms with E-state index in [0.29, 0.717) is 22.7 Å². The van der Waals surface area contributed by atoms with Gasteiger partial charge in [0.1, 0.15) is 6.07 Å². The molecule has 0 bridgehead atoms. The van der Waals surface area contributed by atoms with Gasteiger partial charge in [-0.2, -0.15) is 16.6 Å². The van der Waals surface area contributed by atoms with Gasteiger partial charge in [0.25, 0.3) is 0 Å². The number of carboxylic acids is 1. The number of rotatable bonds is 6. The van der Waals surface area contributed by atoms with Crippen molar-refractivity contribution in [2.45, 2.75) is 25.6 Å². The summed E-state index contributed by atoms with van der Waals surface area (Å²) in [5.41, 5.74) is 13.0. The minimum Gasteiger partial charge on any atom is -0.478 e. The van der Waals surface area contributed by atoms with Crippen LogP contribution in [-0.2, 0) is 4.79 Å². The lowest BCUT2D eigenvalue weighted by Crippen LogP contribution is -2.15. The third kappa shape index (κ3) is 4.14. The van der Waals surface area contributed by atoms with Crippen LogP contribution in [0, 0.1) is 17.2 Å². The van der Waals surface area contributed by atoms with Gasteiger partial charge < -0.3 is 10.5 Å². The predicted molar refractivity (Wildman–Crippen MR) is 132 cm³/mol. The van der Waals surface area contributed by atoms with E-state index in [1.807, 2.05) is 53.2 Å². The molecule has 3 aromatic rings. The van der Waals surface area contributed by atoms with Gasteiger partial charge in [-0.05, 0) is 70.2 Å². The average Bonchev–Trinajstić information content (AvgIpc) is 3.43. The number of alkyl halides is 1. The molecule has 2 aromatic carbocycles. The summed E-state index contributed by atoms with van der Waals surface area (Å²) in [5, 5.41) is 22.6. The molecule has 1 aromatic heterocycles. The number of carbonyl (C=O) groups is 1. The number of hydrogen-bond donors (Lipinski definition) is 3. The number of nitrogens with zero attached hydrogens (tertiary/aromatic N) is 1. The van der Waals surface area contributed by atoms with Crippen LogP contribution in [0.5, 0.6) is 0 Å². The second-order valence-electron chi connectivity index (χ2n) is 8.45. The topological polar surface area (TPSA) is 85.2 Å². The van der Waals surface area contributed by atoms with Crippen molar-refractivity contribution in [2.24, 2.45) is 5.92 Å². The maximum atomic E-state index is 14.5. The Morgan fingerprint density at radius 3 is 2.59 bits per heavy atom. The second kappa shape index (κ2) is 9.26. The molecule has 7 heteroatoms. The minimum absolute atomic E-state index is 0.314. The number of nitrogens with one attached hydrogen (secondary N) is 2. The van der Waals surface area contributed by atoms with Crippen LogP contribution in [0.2, 0.25) is 0 Å². The van der Waals surface area contributed by atoms with E-state index in [-0.39, 0.29) is 0 Å². The molecule has 34 heavy (non-hydrogen) atoms. The lowest BCUT2D eigenvalue weighted by atomic mass is 9.73. The van der Waals surface area contributed by atoms with E-state index >= 15 is 0 Å². The average molecular weight is 472 g/mol. The fourth-order valence-corrected chi connectivity index (χ4v) is 5.29. The smallest absolute Gasteiger partial charge is 0.328 e. The van der Waals surface area contributed by atoms with Gasteiger partial charge in [0.05, 0.1) is 11.3 Å². The lowest BCUT2D eigenvalue weighted by molar-refractivity contribution is -0.131. The highest BCUT2D eigenvalue weighted by Gasteiger charge is 2.30. The fourth-order valence-electron chi connectivity index (χ4n) is 4.51. The molecule has 0 spiro atoms. The predicted octanol–water partition coefficient (Wildman–Crippen LogP) is 6.37. The van der Waals surface area contributed by atoms with Crippen molar-refractivity contribution in [3.8, 4) is 6.07 Å². The number of halogens is 1. The van der Waals surface area contributed by atoms with E-state index in [1.165, 1.54) is 11.3 Å². The fraction of sp³-hybridized carbons (Fsp3) is 0.185. The van der Waals surface area contributed by atoms with Gasteiger partial charge in [-0.1, -0.05) is 36.8 Å². The standard InChI is InChI=1S/C27H22FN3O2S/c28-27-21-12-19(9-10-23(21)30-31-27)25(18-7-4-16(5-8-18)6-11-24(32)33)26(17-2-1-3-17)22-15-34-14-20(22)13-29/h4-12,14-15,17,27,30-31H,1-3H2,(H,32,33)/b11-6+,26-25+. The number of nitriles is 1. The molecular weight excluding hydrogens is 449 g/mol. The molecule has 2 heterocycles. The Hall–Kier alpha value is -3.73. The highest BCUT2D eigenvalue weighted by molar-refractivity contribution is 7.08. The molecule has 3 N–H and O–H groups in total. The molecule has 1 aliphatic carbocycles. The number of hydrazine groups is 1. The van der Waals surface area contributed by atoms with Crippen LogP contribution in [0.15, 0.2) is 59.3 Å². The number of aliphatic carboxylic acids is 1. The molecule has 1 fully saturated rings. The van der Waals surface area contributed by atoms with Crippen molar-refractivity contribution in [3.63, 3.8) is 0 Å². The van der Waals surface area contributed by atoms with Gasteiger partial charge >= 0.3 is 5.97 Å². The molecule has 1 aliphatic heterocycles. The molecule has 1 unspecified atom stereocenters. The van der Waals surface area contributed by atoms with Gasteiger partial charge in [-0.15, -0.1) is 0 Å². The van der Waals surface area contributed by atoms with Crippen molar-refractivity contribution < 1.29 is 14.3 Å². The van der Waals surface area contributed by atoms with Crippen molar-refractivity contribution in [1.29, 1.82) is 5.26 Å². The first-order chi connectivity index (χ1) is 16.5. The SMILES string of the molecule is N#Cc1cscc1/C(=C(\c1ccc(/C=C/C(=O)O)cc1)c1ccc2c(c1)C(F)NN2)C1CCC1. The Labute approximate surface area is 200 Å². The summed E-state index contributed by atoms with van der Waals surface area (Å²) in [5.74, 6) is -0.687. The molecule has 5 rings (SSSR count). The summed E-state index contributed by atoms with van der Waals surface area (Å²) in [4.78, 5) is 10.9. The number of benzene rings is 2. The summed E-state index contributed by atoms with van der Waals surface area (Å²) in [6.07, 6.45) is 4.57. The number of anilines is 1. The van der Waals surface area contributed by atoms with Crippen molar-refractivity contribution in [2.75, 3.05) is 5.43 Å². The molecule has 0 amide bonds. The van der Waals surface area contributed by atoms with Gasteiger partial charge in [0.2, 0.25) is 0 Å². The third-order valence-corrected chi connectivity index (χ3v) is 7.16. The summed E-state index contributed by atoms with van der Waals surface area (Å²) >= 11 is 1.51. The number of thiophene rings is 1. The van der Waals surface area contributed by atoms with Crippen LogP contribution in [0.4, 0.5) is 10.1 Å². The van der Waals surface area contributed by atoms with Crippen molar-refractivity contribution >= 4 is 40.2 Å². The van der Waals surface area contributed by atoms with Crippen LogP contribution in [0.1, 0.15) is 58.9 Å². The molecule has 1 atom stereocenters. The number of fused-ring (bicyclic) bond motifs is 1. The van der Waals surface area contributed by atoms with E-state index in [0.717, 1.165) is 58.7 Å². The molecule has 1 saturated carbocycles. The zero-order valence-electron chi connectivity index (χ0n) is 18.2. The van der Waals surface area contributed by atoms with Crippen LogP contribution in [0.25, 0.3) is 17.2 Å². The van der Waals surface area contributed by atoms with Gasteiger partial charge in [0.15, 0.2) is 6.30 Å². The zero-order chi connectivity index (χ0) is 23.7. The van der Waals surface area contributed by atoms with Crippen LogP contribution >= 0.6 is 11.3 Å². The monoisotopic (exact) mass is 471 g/mol. The maximum Gasteiger partial charge on any atom is 0.328 e. The normalized spacial score (nSPS) is 18.1. The lowest BCUT2D eigenvalue weighted by Gasteiger charge is -2.31. The number of hydrogen-bond acceptors (Lipinski definition) is 5. The Bertz CT molecular complexity index is 1350. The summed E-state index contributed by atoms with van der Waals surface area (Å²) in [7, 11) is 0. The number of carboxylic acid groups (broad SMARTS) is 1.